The first-order valence-electron chi connectivity index (χ1n) is 5.51. The fraction of sp³-hybridized carbons (Fsp3) is 0.545. The minimum Gasteiger partial charge on any atom is -0.481 e. The van der Waals surface area contributed by atoms with Gasteiger partial charge in [-0.1, -0.05) is 6.92 Å². The lowest BCUT2D eigenvalue weighted by Gasteiger charge is -2.00. The molecule has 0 aliphatic carbocycles. The molecule has 1 heterocycles. The van der Waals surface area contributed by atoms with Gasteiger partial charge in [-0.15, -0.1) is 11.3 Å². The number of carboxylic acids is 1. The van der Waals surface area contributed by atoms with Crippen molar-refractivity contribution in [2.24, 2.45) is 0 Å². The summed E-state index contributed by atoms with van der Waals surface area (Å²) in [5.41, 5.74) is 0.714. The highest BCUT2D eigenvalue weighted by atomic mass is 32.1. The molecular formula is C11H16N2O3S. The predicted octanol–water partition coefficient (Wildman–Crippen LogP) is 1.61. The van der Waals surface area contributed by atoms with Gasteiger partial charge >= 0.3 is 5.97 Å². The third kappa shape index (κ3) is 4.14. The van der Waals surface area contributed by atoms with Gasteiger partial charge in [-0.05, 0) is 19.8 Å². The predicted molar refractivity (Wildman–Crippen MR) is 65.4 cm³/mol. The Morgan fingerprint density at radius 3 is 2.76 bits per heavy atom. The maximum atomic E-state index is 11.7. The van der Waals surface area contributed by atoms with Crippen molar-refractivity contribution in [3.05, 3.63) is 15.6 Å². The van der Waals surface area contributed by atoms with Crippen LogP contribution in [0.3, 0.4) is 0 Å². The van der Waals surface area contributed by atoms with Crippen LogP contribution in [0.1, 0.15) is 40.1 Å². The second-order valence-corrected chi connectivity index (χ2v) is 4.76. The normalized spacial score (nSPS) is 10.2. The van der Waals surface area contributed by atoms with E-state index in [9.17, 15) is 9.59 Å². The molecule has 1 aromatic heterocycles. The van der Waals surface area contributed by atoms with E-state index in [1.807, 2.05) is 0 Å². The van der Waals surface area contributed by atoms with Crippen molar-refractivity contribution in [2.75, 3.05) is 6.54 Å². The Balaban J connectivity index is 2.59. The van der Waals surface area contributed by atoms with Crippen LogP contribution in [0.4, 0.5) is 0 Å². The number of hydrogen-bond acceptors (Lipinski definition) is 4. The van der Waals surface area contributed by atoms with Crippen LogP contribution in [0.5, 0.6) is 0 Å². The number of carbonyl (C=O) groups excluding carboxylic acids is 1. The summed E-state index contributed by atoms with van der Waals surface area (Å²) in [6.45, 7) is 4.00. The molecule has 6 heteroatoms. The molecule has 0 bridgehead atoms. The van der Waals surface area contributed by atoms with E-state index in [1.165, 1.54) is 11.3 Å². The second kappa shape index (κ2) is 6.34. The van der Waals surface area contributed by atoms with Gasteiger partial charge in [0.25, 0.3) is 5.91 Å². The van der Waals surface area contributed by atoms with Gasteiger partial charge in [0.2, 0.25) is 0 Å². The number of rotatable bonds is 6. The largest absolute Gasteiger partial charge is 0.481 e. The average molecular weight is 256 g/mol. The second-order valence-electron chi connectivity index (χ2n) is 3.67. The van der Waals surface area contributed by atoms with Gasteiger partial charge in [0.05, 0.1) is 17.1 Å². The standard InChI is InChI=1S/C11H16N2O3S/c1-3-4-8-13-7(2)10(17-8)11(16)12-6-5-9(14)15/h3-6H2,1-2H3,(H,12,16)(H,14,15). The van der Waals surface area contributed by atoms with Crippen LogP contribution in [0, 0.1) is 6.92 Å². The van der Waals surface area contributed by atoms with Gasteiger partial charge in [-0.25, -0.2) is 4.98 Å². The zero-order chi connectivity index (χ0) is 12.8. The lowest BCUT2D eigenvalue weighted by Crippen LogP contribution is -2.25. The number of hydrogen-bond donors (Lipinski definition) is 2. The van der Waals surface area contributed by atoms with Crippen LogP contribution < -0.4 is 5.32 Å². The van der Waals surface area contributed by atoms with Gasteiger partial charge in [0.15, 0.2) is 0 Å². The van der Waals surface area contributed by atoms with Gasteiger partial charge < -0.3 is 10.4 Å². The summed E-state index contributed by atoms with van der Waals surface area (Å²) in [7, 11) is 0. The minimum absolute atomic E-state index is 0.0641. The number of aryl methyl sites for hydroxylation is 2. The van der Waals surface area contributed by atoms with E-state index in [-0.39, 0.29) is 18.9 Å². The highest BCUT2D eigenvalue weighted by Crippen LogP contribution is 2.19. The quantitative estimate of drug-likeness (QED) is 0.810. The number of carboxylic acid groups (broad SMARTS) is 1. The maximum Gasteiger partial charge on any atom is 0.305 e. The van der Waals surface area contributed by atoms with Crippen LogP contribution in [-0.2, 0) is 11.2 Å². The van der Waals surface area contributed by atoms with E-state index < -0.39 is 5.97 Å². The Kier molecular flexibility index (Phi) is 5.09. The summed E-state index contributed by atoms with van der Waals surface area (Å²) in [6, 6.07) is 0. The highest BCUT2D eigenvalue weighted by molar-refractivity contribution is 7.13. The summed E-state index contributed by atoms with van der Waals surface area (Å²) >= 11 is 1.38. The molecule has 94 valence electrons. The molecule has 0 atom stereocenters. The number of nitrogens with zero attached hydrogens (tertiary/aromatic N) is 1. The van der Waals surface area contributed by atoms with E-state index >= 15 is 0 Å². The summed E-state index contributed by atoms with van der Waals surface area (Å²) in [5, 5.41) is 12.0. The SMILES string of the molecule is CCCc1nc(C)c(C(=O)NCCC(=O)O)s1. The number of aromatic nitrogens is 1. The third-order valence-corrected chi connectivity index (χ3v) is 3.35. The van der Waals surface area contributed by atoms with Crippen molar-refractivity contribution in [1.82, 2.24) is 10.3 Å². The number of amides is 1. The summed E-state index contributed by atoms with van der Waals surface area (Å²) < 4.78 is 0. The number of thiazole rings is 1. The van der Waals surface area contributed by atoms with Crippen molar-refractivity contribution in [2.45, 2.75) is 33.1 Å². The fourth-order valence-corrected chi connectivity index (χ4v) is 2.43. The Bertz CT molecular complexity index is 415. The molecule has 0 aliphatic rings. The molecule has 0 radical (unpaired) electrons. The molecular weight excluding hydrogens is 240 g/mol. The smallest absolute Gasteiger partial charge is 0.305 e. The molecule has 0 aromatic carbocycles. The number of carbonyl (C=O) groups is 2. The first-order chi connectivity index (χ1) is 8.04. The molecule has 0 unspecified atom stereocenters. The zero-order valence-electron chi connectivity index (χ0n) is 9.95. The van der Waals surface area contributed by atoms with E-state index in [2.05, 4.69) is 17.2 Å². The van der Waals surface area contributed by atoms with Gasteiger partial charge in [0, 0.05) is 6.54 Å². The number of nitrogens with one attached hydrogen (secondary N) is 1. The molecule has 17 heavy (non-hydrogen) atoms. The Labute approximate surface area is 104 Å². The summed E-state index contributed by atoms with van der Waals surface area (Å²) in [5.74, 6) is -1.15. The molecule has 5 nitrogen and oxygen atoms in total. The topological polar surface area (TPSA) is 79.3 Å². The number of aliphatic carboxylic acids is 1. The Morgan fingerprint density at radius 2 is 2.18 bits per heavy atom. The van der Waals surface area contributed by atoms with Crippen LogP contribution in [0.2, 0.25) is 0 Å². The van der Waals surface area contributed by atoms with Crippen molar-refractivity contribution in [1.29, 1.82) is 0 Å². The van der Waals surface area contributed by atoms with Gasteiger partial charge in [-0.3, -0.25) is 9.59 Å². The van der Waals surface area contributed by atoms with Gasteiger partial charge in [-0.2, -0.15) is 0 Å². The molecule has 1 aromatic rings. The zero-order valence-corrected chi connectivity index (χ0v) is 10.8. The van der Waals surface area contributed by atoms with Crippen LogP contribution in [-0.4, -0.2) is 28.5 Å². The lowest BCUT2D eigenvalue weighted by atomic mass is 10.3. The molecule has 0 spiro atoms. The van der Waals surface area contributed by atoms with Crippen molar-refractivity contribution in [3.63, 3.8) is 0 Å². The van der Waals surface area contributed by atoms with Crippen molar-refractivity contribution >= 4 is 23.2 Å². The van der Waals surface area contributed by atoms with Crippen LogP contribution in [0.25, 0.3) is 0 Å². The third-order valence-electron chi connectivity index (χ3n) is 2.14. The first-order valence-corrected chi connectivity index (χ1v) is 6.32. The first kappa shape index (κ1) is 13.6. The minimum atomic E-state index is -0.919. The fourth-order valence-electron chi connectivity index (χ4n) is 1.35. The van der Waals surface area contributed by atoms with E-state index in [4.69, 9.17) is 5.11 Å². The lowest BCUT2D eigenvalue weighted by molar-refractivity contribution is -0.136. The molecule has 2 N–H and O–H groups in total. The Hall–Kier alpha value is -1.43. The summed E-state index contributed by atoms with van der Waals surface area (Å²) in [6.07, 6.45) is 1.80. The van der Waals surface area contributed by atoms with E-state index in [0.717, 1.165) is 17.8 Å². The molecule has 0 aliphatic heterocycles. The van der Waals surface area contributed by atoms with Crippen LogP contribution in [0.15, 0.2) is 0 Å². The molecule has 1 amide bonds. The van der Waals surface area contributed by atoms with Crippen LogP contribution >= 0.6 is 11.3 Å². The monoisotopic (exact) mass is 256 g/mol. The van der Waals surface area contributed by atoms with E-state index in [1.54, 1.807) is 6.92 Å². The molecule has 0 saturated carbocycles. The highest BCUT2D eigenvalue weighted by Gasteiger charge is 2.14. The average Bonchev–Trinajstić information content (AvgIpc) is 2.59. The van der Waals surface area contributed by atoms with Gasteiger partial charge in [0.1, 0.15) is 4.88 Å². The Morgan fingerprint density at radius 1 is 1.47 bits per heavy atom. The van der Waals surface area contributed by atoms with E-state index in [0.29, 0.717) is 10.6 Å². The molecule has 0 fully saturated rings. The molecule has 0 saturated heterocycles. The molecule has 1 rings (SSSR count). The van der Waals surface area contributed by atoms with Crippen molar-refractivity contribution in [3.8, 4) is 0 Å². The summed E-state index contributed by atoms with van der Waals surface area (Å²) in [4.78, 5) is 26.9. The van der Waals surface area contributed by atoms with Crippen molar-refractivity contribution < 1.29 is 14.7 Å². The maximum absolute atomic E-state index is 11.7.